The molecule has 0 aromatic heterocycles. The molecule has 4 nitrogen and oxygen atoms in total. The number of rotatable bonds is 7. The van der Waals surface area contributed by atoms with Gasteiger partial charge in [-0.15, -0.1) is 0 Å². The number of hydrogen-bond acceptors (Lipinski definition) is 3. The molecule has 2 aromatic rings. The van der Waals surface area contributed by atoms with Crippen molar-refractivity contribution >= 4 is 17.3 Å². The molecule has 3 rings (SSSR count). The highest BCUT2D eigenvalue weighted by Gasteiger charge is 2.23. The van der Waals surface area contributed by atoms with Crippen LogP contribution in [0.4, 0.5) is 0 Å². The second kappa shape index (κ2) is 9.43. The van der Waals surface area contributed by atoms with Crippen molar-refractivity contribution in [2.24, 2.45) is 0 Å². The van der Waals surface area contributed by atoms with Crippen LogP contribution in [-0.2, 0) is 6.42 Å². The van der Waals surface area contributed by atoms with Gasteiger partial charge in [0.2, 0.25) is 0 Å². The molecule has 2 aromatic carbocycles. The largest absolute Gasteiger partial charge is 0.486 e. The lowest BCUT2D eigenvalue weighted by atomic mass is 10.1. The summed E-state index contributed by atoms with van der Waals surface area (Å²) in [5, 5.41) is 4.17. The molecule has 1 heterocycles. The van der Waals surface area contributed by atoms with E-state index >= 15 is 0 Å². The molecule has 0 amide bonds. The first-order valence-electron chi connectivity index (χ1n) is 9.21. The lowest BCUT2D eigenvalue weighted by molar-refractivity contribution is 0.0740. The number of nitrogens with one attached hydrogen (secondary N) is 1. The van der Waals surface area contributed by atoms with Crippen molar-refractivity contribution in [1.82, 2.24) is 10.2 Å². The summed E-state index contributed by atoms with van der Waals surface area (Å²) in [4.78, 5) is 2.18. The topological polar surface area (TPSA) is 33.7 Å². The Bertz CT molecular complexity index is 708. The summed E-state index contributed by atoms with van der Waals surface area (Å²) >= 11 is 5.62. The van der Waals surface area contributed by atoms with Crippen molar-refractivity contribution in [2.45, 2.75) is 25.9 Å². The molecule has 1 atom stereocenters. The van der Waals surface area contributed by atoms with Crippen molar-refractivity contribution in [3.63, 3.8) is 0 Å². The predicted octanol–water partition coefficient (Wildman–Crippen LogP) is 3.66. The van der Waals surface area contributed by atoms with Crippen molar-refractivity contribution in [1.29, 1.82) is 0 Å². The van der Waals surface area contributed by atoms with Crippen molar-refractivity contribution < 1.29 is 9.47 Å². The normalized spacial score (nSPS) is 15.3. The fourth-order valence-corrected chi connectivity index (χ4v) is 3.28. The molecule has 0 saturated carbocycles. The molecule has 0 aliphatic carbocycles. The highest BCUT2D eigenvalue weighted by molar-refractivity contribution is 7.80. The third-order valence-electron chi connectivity index (χ3n) is 4.31. The third kappa shape index (κ3) is 5.11. The standard InChI is InChI=1S/C21H26N2O2S/c1-2-14-23(21(26)22-13-12-17-8-4-3-5-9-17)15-18-16-24-19-10-6-7-11-20(19)25-18/h3-11,18H,2,12-16H2,1H3,(H,22,26)/t18-/m0/s1. The van der Waals surface area contributed by atoms with Crippen LogP contribution in [0.3, 0.4) is 0 Å². The summed E-state index contributed by atoms with van der Waals surface area (Å²) in [7, 11) is 0. The molecule has 1 aliphatic heterocycles. The van der Waals surface area contributed by atoms with E-state index in [9.17, 15) is 0 Å². The molecule has 1 aliphatic rings. The molecular weight excluding hydrogens is 344 g/mol. The van der Waals surface area contributed by atoms with Crippen LogP contribution in [0.15, 0.2) is 54.6 Å². The number of benzene rings is 2. The van der Waals surface area contributed by atoms with E-state index in [0.29, 0.717) is 6.61 Å². The maximum atomic E-state index is 6.08. The predicted molar refractivity (Wildman–Crippen MR) is 109 cm³/mol. The maximum absolute atomic E-state index is 6.08. The maximum Gasteiger partial charge on any atom is 0.169 e. The first-order chi connectivity index (χ1) is 12.8. The van der Waals surface area contributed by atoms with E-state index in [4.69, 9.17) is 21.7 Å². The first kappa shape index (κ1) is 18.5. The van der Waals surface area contributed by atoms with Gasteiger partial charge in [0.25, 0.3) is 0 Å². The molecule has 138 valence electrons. The smallest absolute Gasteiger partial charge is 0.169 e. The number of para-hydroxylation sites is 2. The van der Waals surface area contributed by atoms with E-state index < -0.39 is 0 Å². The zero-order valence-corrected chi connectivity index (χ0v) is 16.0. The molecule has 26 heavy (non-hydrogen) atoms. The Labute approximate surface area is 161 Å². The Hall–Kier alpha value is -2.27. The minimum atomic E-state index is -0.0228. The van der Waals surface area contributed by atoms with Crippen LogP contribution in [0.5, 0.6) is 11.5 Å². The van der Waals surface area contributed by atoms with Crippen molar-refractivity contribution in [3.8, 4) is 11.5 Å². The molecule has 0 radical (unpaired) electrons. The Morgan fingerprint density at radius 3 is 2.62 bits per heavy atom. The minimum absolute atomic E-state index is 0.0228. The van der Waals surface area contributed by atoms with E-state index in [1.54, 1.807) is 0 Å². The highest BCUT2D eigenvalue weighted by Crippen LogP contribution is 2.31. The molecule has 0 fully saturated rings. The van der Waals surface area contributed by atoms with Crippen LogP contribution in [-0.4, -0.2) is 42.4 Å². The fraction of sp³-hybridized carbons (Fsp3) is 0.381. The molecule has 5 heteroatoms. The summed E-state index contributed by atoms with van der Waals surface area (Å²) in [5.41, 5.74) is 1.31. The molecular formula is C21H26N2O2S. The fourth-order valence-electron chi connectivity index (χ4n) is 3.01. The van der Waals surface area contributed by atoms with Crippen LogP contribution in [0.1, 0.15) is 18.9 Å². The van der Waals surface area contributed by atoms with Crippen LogP contribution in [0, 0.1) is 0 Å². The Morgan fingerprint density at radius 2 is 1.85 bits per heavy atom. The second-order valence-corrected chi connectivity index (χ2v) is 6.80. The van der Waals surface area contributed by atoms with Crippen LogP contribution in [0.25, 0.3) is 0 Å². The first-order valence-corrected chi connectivity index (χ1v) is 9.62. The lowest BCUT2D eigenvalue weighted by Gasteiger charge is -2.32. The number of fused-ring (bicyclic) bond motifs is 1. The summed E-state index contributed by atoms with van der Waals surface area (Å²) in [6.07, 6.45) is 1.97. The van der Waals surface area contributed by atoms with E-state index in [1.165, 1.54) is 5.56 Å². The van der Waals surface area contributed by atoms with Gasteiger partial charge in [0.05, 0.1) is 6.54 Å². The Kier molecular flexibility index (Phi) is 6.72. The van der Waals surface area contributed by atoms with Gasteiger partial charge in [-0.2, -0.15) is 0 Å². The van der Waals surface area contributed by atoms with Gasteiger partial charge >= 0.3 is 0 Å². The number of thiocarbonyl (C=S) groups is 1. The van der Waals surface area contributed by atoms with Gasteiger partial charge < -0.3 is 19.7 Å². The van der Waals surface area contributed by atoms with Gasteiger partial charge in [0.15, 0.2) is 22.7 Å². The van der Waals surface area contributed by atoms with E-state index in [-0.39, 0.29) is 6.10 Å². The Balaban J connectivity index is 1.51. The molecule has 0 unspecified atom stereocenters. The van der Waals surface area contributed by atoms with Gasteiger partial charge in [-0.1, -0.05) is 49.4 Å². The second-order valence-electron chi connectivity index (χ2n) is 6.41. The van der Waals surface area contributed by atoms with Gasteiger partial charge in [0, 0.05) is 13.1 Å². The monoisotopic (exact) mass is 370 g/mol. The third-order valence-corrected chi connectivity index (χ3v) is 4.71. The van der Waals surface area contributed by atoms with E-state index in [2.05, 4.69) is 41.4 Å². The number of nitrogens with zero attached hydrogens (tertiary/aromatic N) is 1. The van der Waals surface area contributed by atoms with Gasteiger partial charge in [-0.3, -0.25) is 0 Å². The number of ether oxygens (including phenoxy) is 2. The highest BCUT2D eigenvalue weighted by atomic mass is 32.1. The number of hydrogen-bond donors (Lipinski definition) is 1. The van der Waals surface area contributed by atoms with Crippen molar-refractivity contribution in [2.75, 3.05) is 26.2 Å². The summed E-state index contributed by atoms with van der Waals surface area (Å²) in [6.45, 7) is 5.16. The summed E-state index contributed by atoms with van der Waals surface area (Å²) < 4.78 is 11.9. The summed E-state index contributed by atoms with van der Waals surface area (Å²) in [6, 6.07) is 18.2. The van der Waals surface area contributed by atoms with Gasteiger partial charge in [-0.05, 0) is 42.8 Å². The molecule has 1 N–H and O–H groups in total. The average molecular weight is 371 g/mol. The molecule has 0 bridgehead atoms. The van der Waals surface area contributed by atoms with E-state index in [0.717, 1.165) is 49.1 Å². The van der Waals surface area contributed by atoms with Gasteiger partial charge in [0.1, 0.15) is 6.61 Å². The van der Waals surface area contributed by atoms with Crippen LogP contribution < -0.4 is 14.8 Å². The molecule has 0 saturated heterocycles. The van der Waals surface area contributed by atoms with E-state index in [1.807, 2.05) is 30.3 Å². The minimum Gasteiger partial charge on any atom is -0.486 e. The molecule has 0 spiro atoms. The van der Waals surface area contributed by atoms with Crippen LogP contribution in [0.2, 0.25) is 0 Å². The zero-order chi connectivity index (χ0) is 18.2. The quantitative estimate of drug-likeness (QED) is 0.753. The van der Waals surface area contributed by atoms with Crippen molar-refractivity contribution in [3.05, 3.63) is 60.2 Å². The SMILES string of the molecule is CCCN(C[C@H]1COc2ccccc2O1)C(=S)NCCc1ccccc1. The van der Waals surface area contributed by atoms with Gasteiger partial charge in [-0.25, -0.2) is 0 Å². The average Bonchev–Trinajstić information content (AvgIpc) is 2.68. The Morgan fingerprint density at radius 1 is 1.12 bits per heavy atom. The lowest BCUT2D eigenvalue weighted by Crippen LogP contribution is -2.48. The summed E-state index contributed by atoms with van der Waals surface area (Å²) in [5.74, 6) is 1.62. The van der Waals surface area contributed by atoms with Crippen LogP contribution >= 0.6 is 12.2 Å². The zero-order valence-electron chi connectivity index (χ0n) is 15.2.